The van der Waals surface area contributed by atoms with Crippen molar-refractivity contribution in [1.82, 2.24) is 19.9 Å². The number of rotatable bonds is 3. The Balaban J connectivity index is 1.47. The second-order valence-corrected chi connectivity index (χ2v) is 6.25. The van der Waals surface area contributed by atoms with E-state index in [-0.39, 0.29) is 23.7 Å². The highest BCUT2D eigenvalue weighted by molar-refractivity contribution is 5.92. The van der Waals surface area contributed by atoms with Gasteiger partial charge in [0.05, 0.1) is 37.7 Å². The van der Waals surface area contributed by atoms with Gasteiger partial charge in [0.2, 0.25) is 11.9 Å². The SMILES string of the molecule is O=C(Nc1cnccn1)[C@H]1COC[C@H]2CN(c3ncc(F)cn3)C[C@H]21. The van der Waals surface area contributed by atoms with Crippen LogP contribution in [-0.4, -0.2) is 52.1 Å². The fraction of sp³-hybridized carbons (Fsp3) is 0.438. The highest BCUT2D eigenvalue weighted by Gasteiger charge is 2.44. The number of hydrogen-bond donors (Lipinski definition) is 1. The fourth-order valence-electron chi connectivity index (χ4n) is 3.48. The van der Waals surface area contributed by atoms with Gasteiger partial charge in [-0.3, -0.25) is 9.78 Å². The van der Waals surface area contributed by atoms with Crippen LogP contribution in [0.1, 0.15) is 0 Å². The van der Waals surface area contributed by atoms with Crippen LogP contribution in [0.4, 0.5) is 16.2 Å². The Morgan fingerprint density at radius 3 is 2.76 bits per heavy atom. The molecule has 8 nitrogen and oxygen atoms in total. The Morgan fingerprint density at radius 2 is 2.00 bits per heavy atom. The molecule has 0 aliphatic carbocycles. The monoisotopic (exact) mass is 344 g/mol. The van der Waals surface area contributed by atoms with E-state index in [1.54, 1.807) is 6.20 Å². The molecule has 2 aliphatic heterocycles. The third-order valence-corrected chi connectivity index (χ3v) is 4.68. The molecule has 0 aromatic carbocycles. The first kappa shape index (κ1) is 15.8. The van der Waals surface area contributed by atoms with Gasteiger partial charge in [-0.05, 0) is 5.92 Å². The summed E-state index contributed by atoms with van der Waals surface area (Å²) < 4.78 is 18.7. The van der Waals surface area contributed by atoms with Crippen LogP contribution in [0.25, 0.3) is 0 Å². The lowest BCUT2D eigenvalue weighted by Gasteiger charge is -2.31. The summed E-state index contributed by atoms with van der Waals surface area (Å²) in [6, 6.07) is 0. The number of nitrogens with one attached hydrogen (secondary N) is 1. The second kappa shape index (κ2) is 6.67. The summed E-state index contributed by atoms with van der Waals surface area (Å²) in [6.07, 6.45) is 6.89. The first-order valence-corrected chi connectivity index (χ1v) is 8.08. The number of amides is 1. The van der Waals surface area contributed by atoms with Gasteiger partial charge in [0.15, 0.2) is 11.6 Å². The minimum Gasteiger partial charge on any atom is -0.380 e. The summed E-state index contributed by atoms with van der Waals surface area (Å²) in [6.45, 7) is 2.28. The molecule has 0 bridgehead atoms. The summed E-state index contributed by atoms with van der Waals surface area (Å²) in [4.78, 5) is 30.7. The lowest BCUT2D eigenvalue weighted by Crippen LogP contribution is -2.42. The zero-order valence-electron chi connectivity index (χ0n) is 13.4. The molecular weight excluding hydrogens is 327 g/mol. The number of carbonyl (C=O) groups excluding carboxylic acids is 1. The maximum Gasteiger partial charge on any atom is 0.231 e. The van der Waals surface area contributed by atoms with Crippen molar-refractivity contribution in [3.8, 4) is 0 Å². The third kappa shape index (κ3) is 3.27. The van der Waals surface area contributed by atoms with Crippen LogP contribution in [0.2, 0.25) is 0 Å². The van der Waals surface area contributed by atoms with Gasteiger partial charge in [-0.1, -0.05) is 0 Å². The van der Waals surface area contributed by atoms with Gasteiger partial charge in [-0.25, -0.2) is 19.3 Å². The third-order valence-electron chi connectivity index (χ3n) is 4.68. The molecule has 3 atom stereocenters. The van der Waals surface area contributed by atoms with Crippen molar-refractivity contribution in [3.05, 3.63) is 36.8 Å². The van der Waals surface area contributed by atoms with Crippen molar-refractivity contribution in [2.75, 3.05) is 36.5 Å². The van der Waals surface area contributed by atoms with Crippen LogP contribution in [-0.2, 0) is 9.53 Å². The van der Waals surface area contributed by atoms with Crippen LogP contribution in [0.15, 0.2) is 31.0 Å². The molecule has 1 amide bonds. The largest absolute Gasteiger partial charge is 0.380 e. The van der Waals surface area contributed by atoms with Gasteiger partial charge in [-0.15, -0.1) is 0 Å². The van der Waals surface area contributed by atoms with Gasteiger partial charge in [0, 0.05) is 31.4 Å². The van der Waals surface area contributed by atoms with Crippen molar-refractivity contribution < 1.29 is 13.9 Å². The van der Waals surface area contributed by atoms with Gasteiger partial charge < -0.3 is 15.0 Å². The maximum atomic E-state index is 13.0. The van der Waals surface area contributed by atoms with Crippen molar-refractivity contribution in [3.63, 3.8) is 0 Å². The van der Waals surface area contributed by atoms with E-state index in [1.807, 2.05) is 4.90 Å². The molecule has 130 valence electrons. The molecular formula is C16H17FN6O2. The number of fused-ring (bicyclic) bond motifs is 1. The van der Waals surface area contributed by atoms with Crippen molar-refractivity contribution in [2.45, 2.75) is 0 Å². The van der Waals surface area contributed by atoms with Gasteiger partial charge in [0.25, 0.3) is 0 Å². The number of aromatic nitrogens is 4. The average molecular weight is 344 g/mol. The van der Waals surface area contributed by atoms with Crippen LogP contribution >= 0.6 is 0 Å². The van der Waals surface area contributed by atoms with Gasteiger partial charge >= 0.3 is 0 Å². The molecule has 0 saturated carbocycles. The van der Waals surface area contributed by atoms with Crippen LogP contribution in [0, 0.1) is 23.6 Å². The summed E-state index contributed by atoms with van der Waals surface area (Å²) >= 11 is 0. The van der Waals surface area contributed by atoms with Crippen LogP contribution < -0.4 is 10.2 Å². The topological polar surface area (TPSA) is 93.1 Å². The zero-order chi connectivity index (χ0) is 17.2. The van der Waals surface area contributed by atoms with E-state index >= 15 is 0 Å². The van der Waals surface area contributed by atoms with Gasteiger partial charge in [0.1, 0.15) is 0 Å². The summed E-state index contributed by atoms with van der Waals surface area (Å²) in [5.41, 5.74) is 0. The molecule has 2 aliphatic rings. The maximum absolute atomic E-state index is 13.0. The first-order chi connectivity index (χ1) is 12.2. The molecule has 2 aromatic heterocycles. The molecule has 4 rings (SSSR count). The van der Waals surface area contributed by atoms with Crippen molar-refractivity contribution in [2.24, 2.45) is 17.8 Å². The van der Waals surface area contributed by atoms with Crippen LogP contribution in [0.5, 0.6) is 0 Å². The quantitative estimate of drug-likeness (QED) is 0.878. The number of anilines is 2. The van der Waals surface area contributed by atoms with Crippen molar-refractivity contribution >= 4 is 17.7 Å². The number of carbonyl (C=O) groups is 1. The highest BCUT2D eigenvalue weighted by atomic mass is 19.1. The van der Waals surface area contributed by atoms with Gasteiger partial charge in [-0.2, -0.15) is 0 Å². The summed E-state index contributed by atoms with van der Waals surface area (Å²) in [5.74, 6) is 0.350. The Kier molecular flexibility index (Phi) is 4.22. The molecule has 9 heteroatoms. The average Bonchev–Trinajstić information content (AvgIpc) is 3.07. The second-order valence-electron chi connectivity index (χ2n) is 6.25. The smallest absolute Gasteiger partial charge is 0.231 e. The first-order valence-electron chi connectivity index (χ1n) is 8.08. The number of hydrogen-bond acceptors (Lipinski definition) is 7. The number of halogens is 1. The zero-order valence-corrected chi connectivity index (χ0v) is 13.4. The van der Waals surface area contributed by atoms with E-state index < -0.39 is 5.82 Å². The summed E-state index contributed by atoms with van der Waals surface area (Å²) in [7, 11) is 0. The molecule has 2 fully saturated rings. The normalized spacial score (nSPS) is 25.5. The van der Waals surface area contributed by atoms with E-state index in [4.69, 9.17) is 4.74 Å². The molecule has 25 heavy (non-hydrogen) atoms. The molecule has 0 spiro atoms. The number of ether oxygens (including phenoxy) is 1. The summed E-state index contributed by atoms with van der Waals surface area (Å²) in [5, 5.41) is 2.79. The van der Waals surface area contributed by atoms with Crippen molar-refractivity contribution in [1.29, 1.82) is 0 Å². The minimum absolute atomic E-state index is 0.124. The van der Waals surface area contributed by atoms with E-state index in [0.717, 1.165) is 12.4 Å². The molecule has 4 heterocycles. The number of nitrogens with zero attached hydrogens (tertiary/aromatic N) is 5. The molecule has 1 N–H and O–H groups in total. The minimum atomic E-state index is -0.468. The molecule has 2 aromatic rings. The van der Waals surface area contributed by atoms with E-state index in [1.165, 1.54) is 12.4 Å². The predicted molar refractivity (Wildman–Crippen MR) is 86.2 cm³/mol. The predicted octanol–water partition coefficient (Wildman–Crippen LogP) is 0.743. The Morgan fingerprint density at radius 1 is 1.16 bits per heavy atom. The van der Waals surface area contributed by atoms with E-state index in [9.17, 15) is 9.18 Å². The highest BCUT2D eigenvalue weighted by Crippen LogP contribution is 2.35. The fourth-order valence-corrected chi connectivity index (χ4v) is 3.48. The van der Waals surface area contributed by atoms with E-state index in [0.29, 0.717) is 38.1 Å². The van der Waals surface area contributed by atoms with Crippen LogP contribution in [0.3, 0.4) is 0 Å². The Bertz CT molecular complexity index is 744. The van der Waals surface area contributed by atoms with E-state index in [2.05, 4.69) is 25.3 Å². The Labute approximate surface area is 143 Å². The molecule has 0 radical (unpaired) electrons. The standard InChI is InChI=1S/C16H17FN6O2/c17-11-3-20-16(21-4-11)23-6-10-8-25-9-13(12(10)7-23)15(24)22-14-5-18-1-2-19-14/h1-5,10,12-13H,6-9H2,(H,19,22,24)/t10-,12-,13+/m1/s1. The lowest BCUT2D eigenvalue weighted by atomic mass is 9.82. The molecule has 2 saturated heterocycles. The lowest BCUT2D eigenvalue weighted by molar-refractivity contribution is -0.128. The Hall–Kier alpha value is -2.68. The molecule has 0 unspecified atom stereocenters.